The molecule has 0 amide bonds. The van der Waals surface area contributed by atoms with Crippen molar-refractivity contribution in [3.63, 3.8) is 0 Å². The predicted molar refractivity (Wildman–Crippen MR) is 89.6 cm³/mol. The van der Waals surface area contributed by atoms with Crippen molar-refractivity contribution < 1.29 is 4.74 Å². The van der Waals surface area contributed by atoms with Crippen LogP contribution in [0, 0.1) is 11.3 Å². The monoisotopic (exact) mass is 299 g/mol. The Kier molecular flexibility index (Phi) is 6.70. The van der Waals surface area contributed by atoms with Crippen LogP contribution in [-0.4, -0.2) is 43.0 Å². The standard InChI is InChI=1S/C17H33NOS/c1-15(2)7-10-18(16-5-3-4-6-16)13-17(14-20)8-11-19-12-9-17/h15-16,20H,3-14H2,1-2H3. The summed E-state index contributed by atoms with van der Waals surface area (Å²) in [6, 6.07) is 0.841. The van der Waals surface area contributed by atoms with Gasteiger partial charge in [-0.1, -0.05) is 26.7 Å². The average molecular weight is 300 g/mol. The minimum atomic E-state index is 0.404. The third-order valence-electron chi connectivity index (χ3n) is 5.26. The van der Waals surface area contributed by atoms with Gasteiger partial charge in [-0.25, -0.2) is 0 Å². The van der Waals surface area contributed by atoms with Crippen molar-refractivity contribution in [3.8, 4) is 0 Å². The van der Waals surface area contributed by atoms with E-state index in [4.69, 9.17) is 17.4 Å². The number of thiol groups is 1. The molecule has 3 heteroatoms. The van der Waals surface area contributed by atoms with Crippen LogP contribution < -0.4 is 0 Å². The van der Waals surface area contributed by atoms with Gasteiger partial charge >= 0.3 is 0 Å². The largest absolute Gasteiger partial charge is 0.381 e. The molecule has 2 aliphatic rings. The molecule has 118 valence electrons. The van der Waals surface area contributed by atoms with E-state index in [-0.39, 0.29) is 0 Å². The number of nitrogens with zero attached hydrogens (tertiary/aromatic N) is 1. The second-order valence-corrected chi connectivity index (χ2v) is 7.68. The summed E-state index contributed by atoms with van der Waals surface area (Å²) in [6.07, 6.45) is 9.41. The molecular weight excluding hydrogens is 266 g/mol. The lowest BCUT2D eigenvalue weighted by atomic mass is 9.81. The van der Waals surface area contributed by atoms with Gasteiger partial charge in [-0.05, 0) is 55.7 Å². The highest BCUT2D eigenvalue weighted by molar-refractivity contribution is 7.80. The molecule has 0 spiro atoms. The van der Waals surface area contributed by atoms with Gasteiger partial charge in [-0.2, -0.15) is 12.6 Å². The van der Waals surface area contributed by atoms with E-state index in [9.17, 15) is 0 Å². The number of ether oxygens (including phenoxy) is 1. The fourth-order valence-corrected chi connectivity index (χ4v) is 4.10. The molecular formula is C17H33NOS. The Morgan fingerprint density at radius 1 is 1.20 bits per heavy atom. The van der Waals surface area contributed by atoms with E-state index in [1.807, 2.05) is 0 Å². The molecule has 1 aliphatic heterocycles. The average Bonchev–Trinajstić information content (AvgIpc) is 2.98. The zero-order valence-corrected chi connectivity index (χ0v) is 14.3. The molecule has 0 aromatic rings. The normalized spacial score (nSPS) is 23.9. The Bertz CT molecular complexity index is 270. The second kappa shape index (κ2) is 8.05. The summed E-state index contributed by atoms with van der Waals surface area (Å²) in [6.45, 7) is 9.08. The van der Waals surface area contributed by atoms with Gasteiger partial charge < -0.3 is 4.74 Å². The summed E-state index contributed by atoms with van der Waals surface area (Å²) in [7, 11) is 0. The van der Waals surface area contributed by atoms with Crippen LogP contribution in [0.1, 0.15) is 58.8 Å². The summed E-state index contributed by atoms with van der Waals surface area (Å²) >= 11 is 4.69. The van der Waals surface area contributed by atoms with Crippen molar-refractivity contribution in [3.05, 3.63) is 0 Å². The Morgan fingerprint density at radius 3 is 2.40 bits per heavy atom. The van der Waals surface area contributed by atoms with Crippen molar-refractivity contribution in [2.45, 2.75) is 64.8 Å². The van der Waals surface area contributed by atoms with Gasteiger partial charge in [-0.3, -0.25) is 4.90 Å². The van der Waals surface area contributed by atoms with Crippen LogP contribution in [0.3, 0.4) is 0 Å². The van der Waals surface area contributed by atoms with Crippen LogP contribution in [0.25, 0.3) is 0 Å². The molecule has 0 radical (unpaired) electrons. The highest BCUT2D eigenvalue weighted by atomic mass is 32.1. The Labute approximate surface area is 131 Å². The van der Waals surface area contributed by atoms with E-state index in [2.05, 4.69) is 18.7 Å². The van der Waals surface area contributed by atoms with Crippen LogP contribution in [0.15, 0.2) is 0 Å². The summed E-state index contributed by atoms with van der Waals surface area (Å²) in [4.78, 5) is 2.81. The van der Waals surface area contributed by atoms with Crippen molar-refractivity contribution >= 4 is 12.6 Å². The summed E-state index contributed by atoms with van der Waals surface area (Å²) < 4.78 is 5.58. The smallest absolute Gasteiger partial charge is 0.0472 e. The lowest BCUT2D eigenvalue weighted by Crippen LogP contribution is -2.46. The van der Waals surface area contributed by atoms with E-state index < -0.39 is 0 Å². The molecule has 2 nitrogen and oxygen atoms in total. The molecule has 1 aliphatic carbocycles. The fourth-order valence-electron chi connectivity index (χ4n) is 3.69. The summed E-state index contributed by atoms with van der Waals surface area (Å²) in [5.41, 5.74) is 0.404. The van der Waals surface area contributed by atoms with Gasteiger partial charge in [0.1, 0.15) is 0 Å². The maximum absolute atomic E-state index is 5.58. The topological polar surface area (TPSA) is 12.5 Å². The zero-order chi connectivity index (χ0) is 14.4. The maximum atomic E-state index is 5.58. The van der Waals surface area contributed by atoms with Gasteiger partial charge in [0.15, 0.2) is 0 Å². The van der Waals surface area contributed by atoms with E-state index >= 15 is 0 Å². The molecule has 1 saturated heterocycles. The van der Waals surface area contributed by atoms with Crippen molar-refractivity contribution in [2.24, 2.45) is 11.3 Å². The van der Waals surface area contributed by atoms with Crippen LogP contribution in [-0.2, 0) is 4.74 Å². The number of hydrogen-bond acceptors (Lipinski definition) is 3. The van der Waals surface area contributed by atoms with E-state index in [1.165, 1.54) is 58.0 Å². The third-order valence-corrected chi connectivity index (χ3v) is 5.93. The summed E-state index contributed by atoms with van der Waals surface area (Å²) in [5.74, 6) is 1.82. The van der Waals surface area contributed by atoms with E-state index in [1.54, 1.807) is 0 Å². The molecule has 0 unspecified atom stereocenters. The first-order chi connectivity index (χ1) is 9.65. The quantitative estimate of drug-likeness (QED) is 0.713. The minimum Gasteiger partial charge on any atom is -0.381 e. The lowest BCUT2D eigenvalue weighted by molar-refractivity contribution is -0.000530. The van der Waals surface area contributed by atoms with Gasteiger partial charge in [0.05, 0.1) is 0 Å². The minimum absolute atomic E-state index is 0.404. The molecule has 0 bridgehead atoms. The van der Waals surface area contributed by atoms with Gasteiger partial charge in [0.2, 0.25) is 0 Å². The van der Waals surface area contributed by atoms with Gasteiger partial charge in [-0.15, -0.1) is 0 Å². The van der Waals surface area contributed by atoms with Crippen molar-refractivity contribution in [2.75, 3.05) is 32.1 Å². The Hall–Kier alpha value is 0.270. The molecule has 2 rings (SSSR count). The van der Waals surface area contributed by atoms with E-state index in [0.29, 0.717) is 5.41 Å². The van der Waals surface area contributed by atoms with Crippen LogP contribution in [0.5, 0.6) is 0 Å². The molecule has 0 aromatic carbocycles. The second-order valence-electron chi connectivity index (χ2n) is 7.36. The fraction of sp³-hybridized carbons (Fsp3) is 1.00. The van der Waals surface area contributed by atoms with Crippen molar-refractivity contribution in [1.29, 1.82) is 0 Å². The van der Waals surface area contributed by atoms with Gasteiger partial charge in [0, 0.05) is 25.8 Å². The number of hydrogen-bond donors (Lipinski definition) is 1. The molecule has 20 heavy (non-hydrogen) atoms. The third kappa shape index (κ3) is 4.64. The number of rotatable bonds is 7. The Morgan fingerprint density at radius 2 is 1.85 bits per heavy atom. The molecule has 1 saturated carbocycles. The summed E-state index contributed by atoms with van der Waals surface area (Å²) in [5, 5.41) is 0. The van der Waals surface area contributed by atoms with Crippen LogP contribution >= 0.6 is 12.6 Å². The van der Waals surface area contributed by atoms with Crippen LogP contribution in [0.4, 0.5) is 0 Å². The van der Waals surface area contributed by atoms with Crippen LogP contribution in [0.2, 0.25) is 0 Å². The predicted octanol–water partition coefficient (Wildman–Crippen LogP) is 4.00. The van der Waals surface area contributed by atoms with Gasteiger partial charge in [0.25, 0.3) is 0 Å². The van der Waals surface area contributed by atoms with Crippen molar-refractivity contribution in [1.82, 2.24) is 4.90 Å². The first kappa shape index (κ1) is 16.6. The highest BCUT2D eigenvalue weighted by Crippen LogP contribution is 2.35. The Balaban J connectivity index is 1.96. The first-order valence-corrected chi connectivity index (χ1v) is 9.21. The highest BCUT2D eigenvalue weighted by Gasteiger charge is 2.35. The van der Waals surface area contributed by atoms with E-state index in [0.717, 1.165) is 30.9 Å². The molecule has 1 heterocycles. The molecule has 0 aromatic heterocycles. The molecule has 0 N–H and O–H groups in total. The SMILES string of the molecule is CC(C)CCN(CC1(CS)CCOCC1)C1CCCC1. The zero-order valence-electron chi connectivity index (χ0n) is 13.4. The molecule has 0 atom stereocenters. The first-order valence-electron chi connectivity index (χ1n) is 8.58. The maximum Gasteiger partial charge on any atom is 0.0472 e. The molecule has 2 fully saturated rings. The lowest BCUT2D eigenvalue weighted by Gasteiger charge is -2.42.